The summed E-state index contributed by atoms with van der Waals surface area (Å²) in [6, 6.07) is 5.29. The highest BCUT2D eigenvalue weighted by molar-refractivity contribution is 6.34. The van der Waals surface area contributed by atoms with Crippen molar-refractivity contribution in [2.45, 2.75) is 20.0 Å². The maximum Gasteiger partial charge on any atom is 0.252 e. The highest BCUT2D eigenvalue weighted by Gasteiger charge is 2.09. The standard InChI is InChI=1S/C14H17ClN4O/c1-3-19-7-6-17-13(19)9-18-10-4-5-12(15)11(8-10)14(20)16-2/h4-8,18H,3,9H2,1-2H3,(H,16,20). The van der Waals surface area contributed by atoms with Gasteiger partial charge in [0.2, 0.25) is 0 Å². The van der Waals surface area contributed by atoms with E-state index in [0.29, 0.717) is 17.1 Å². The predicted molar refractivity (Wildman–Crippen MR) is 80.1 cm³/mol. The van der Waals surface area contributed by atoms with E-state index in [1.54, 1.807) is 25.4 Å². The van der Waals surface area contributed by atoms with E-state index in [9.17, 15) is 4.79 Å². The third kappa shape index (κ3) is 3.11. The summed E-state index contributed by atoms with van der Waals surface area (Å²) in [6.07, 6.45) is 3.72. The molecule has 0 saturated heterocycles. The maximum atomic E-state index is 11.7. The first-order valence-electron chi connectivity index (χ1n) is 6.41. The van der Waals surface area contributed by atoms with Crippen molar-refractivity contribution in [3.63, 3.8) is 0 Å². The van der Waals surface area contributed by atoms with E-state index in [-0.39, 0.29) is 5.91 Å². The number of aromatic nitrogens is 2. The van der Waals surface area contributed by atoms with Gasteiger partial charge in [0.1, 0.15) is 5.82 Å². The van der Waals surface area contributed by atoms with Gasteiger partial charge in [-0.3, -0.25) is 4.79 Å². The van der Waals surface area contributed by atoms with Crippen LogP contribution < -0.4 is 10.6 Å². The number of hydrogen-bond donors (Lipinski definition) is 2. The first-order chi connectivity index (χ1) is 9.65. The Kier molecular flexibility index (Phi) is 4.63. The second-order valence-electron chi connectivity index (χ2n) is 4.26. The fourth-order valence-electron chi connectivity index (χ4n) is 1.92. The molecule has 0 spiro atoms. The van der Waals surface area contributed by atoms with Crippen LogP contribution in [0.15, 0.2) is 30.6 Å². The smallest absolute Gasteiger partial charge is 0.252 e. The Bertz CT molecular complexity index is 609. The zero-order valence-electron chi connectivity index (χ0n) is 11.5. The Morgan fingerprint density at radius 3 is 2.95 bits per heavy atom. The Morgan fingerprint density at radius 2 is 2.25 bits per heavy atom. The molecule has 2 rings (SSSR count). The van der Waals surface area contributed by atoms with Crippen molar-refractivity contribution in [3.05, 3.63) is 47.0 Å². The minimum Gasteiger partial charge on any atom is -0.378 e. The van der Waals surface area contributed by atoms with Crippen LogP contribution in [0.3, 0.4) is 0 Å². The monoisotopic (exact) mass is 292 g/mol. The van der Waals surface area contributed by atoms with Gasteiger partial charge in [-0.15, -0.1) is 0 Å². The Hall–Kier alpha value is -2.01. The van der Waals surface area contributed by atoms with Crippen molar-refractivity contribution < 1.29 is 4.79 Å². The minimum absolute atomic E-state index is 0.200. The zero-order valence-corrected chi connectivity index (χ0v) is 12.2. The molecule has 0 saturated carbocycles. The largest absolute Gasteiger partial charge is 0.378 e. The molecule has 2 aromatic rings. The van der Waals surface area contributed by atoms with E-state index < -0.39 is 0 Å². The van der Waals surface area contributed by atoms with Gasteiger partial charge in [-0.1, -0.05) is 11.6 Å². The number of imidazole rings is 1. The van der Waals surface area contributed by atoms with Crippen molar-refractivity contribution in [1.29, 1.82) is 0 Å². The lowest BCUT2D eigenvalue weighted by molar-refractivity contribution is 0.0963. The van der Waals surface area contributed by atoms with Gasteiger partial charge >= 0.3 is 0 Å². The fourth-order valence-corrected chi connectivity index (χ4v) is 2.12. The molecule has 5 nitrogen and oxygen atoms in total. The molecule has 106 valence electrons. The number of carbonyl (C=O) groups is 1. The number of halogens is 1. The van der Waals surface area contributed by atoms with Crippen LogP contribution in [0.1, 0.15) is 23.1 Å². The lowest BCUT2D eigenvalue weighted by atomic mass is 10.2. The molecule has 6 heteroatoms. The molecule has 1 aromatic heterocycles. The van der Waals surface area contributed by atoms with Crippen LogP contribution in [0.4, 0.5) is 5.69 Å². The van der Waals surface area contributed by atoms with Crippen molar-refractivity contribution in [1.82, 2.24) is 14.9 Å². The Morgan fingerprint density at radius 1 is 1.45 bits per heavy atom. The van der Waals surface area contributed by atoms with E-state index in [0.717, 1.165) is 18.1 Å². The van der Waals surface area contributed by atoms with Crippen molar-refractivity contribution in [2.75, 3.05) is 12.4 Å². The zero-order chi connectivity index (χ0) is 14.5. The van der Waals surface area contributed by atoms with Gasteiger partial charge in [-0.2, -0.15) is 0 Å². The van der Waals surface area contributed by atoms with E-state index in [4.69, 9.17) is 11.6 Å². The number of anilines is 1. The van der Waals surface area contributed by atoms with Gasteiger partial charge < -0.3 is 15.2 Å². The third-order valence-corrected chi connectivity index (χ3v) is 3.36. The number of hydrogen-bond acceptors (Lipinski definition) is 3. The lowest BCUT2D eigenvalue weighted by Gasteiger charge is -2.10. The molecule has 1 heterocycles. The molecule has 0 fully saturated rings. The summed E-state index contributed by atoms with van der Waals surface area (Å²) >= 11 is 6.01. The summed E-state index contributed by atoms with van der Waals surface area (Å²) in [6.45, 7) is 3.54. The first kappa shape index (κ1) is 14.4. The Labute approximate surface area is 123 Å². The summed E-state index contributed by atoms with van der Waals surface area (Å²) < 4.78 is 2.06. The molecule has 0 bridgehead atoms. The summed E-state index contributed by atoms with van der Waals surface area (Å²) in [5, 5.41) is 6.25. The minimum atomic E-state index is -0.200. The fraction of sp³-hybridized carbons (Fsp3) is 0.286. The lowest BCUT2D eigenvalue weighted by Crippen LogP contribution is -2.18. The molecular weight excluding hydrogens is 276 g/mol. The molecule has 0 aliphatic carbocycles. The molecule has 0 aliphatic rings. The van der Waals surface area contributed by atoms with Gasteiger partial charge in [0.25, 0.3) is 5.91 Å². The van der Waals surface area contributed by atoms with Crippen molar-refractivity contribution in [2.24, 2.45) is 0 Å². The average molecular weight is 293 g/mol. The van der Waals surface area contributed by atoms with Crippen LogP contribution in [0.25, 0.3) is 0 Å². The SMILES string of the molecule is CCn1ccnc1CNc1ccc(Cl)c(C(=O)NC)c1. The van der Waals surface area contributed by atoms with Crippen LogP contribution in [-0.2, 0) is 13.1 Å². The molecule has 0 radical (unpaired) electrons. The van der Waals surface area contributed by atoms with E-state index in [1.807, 2.05) is 12.3 Å². The molecule has 0 atom stereocenters. The molecule has 1 aromatic carbocycles. The number of amides is 1. The maximum absolute atomic E-state index is 11.7. The number of nitrogens with one attached hydrogen (secondary N) is 2. The average Bonchev–Trinajstić information content (AvgIpc) is 2.93. The van der Waals surface area contributed by atoms with Crippen molar-refractivity contribution >= 4 is 23.2 Å². The number of nitrogens with zero attached hydrogens (tertiary/aromatic N) is 2. The van der Waals surface area contributed by atoms with E-state index in [2.05, 4.69) is 27.1 Å². The van der Waals surface area contributed by atoms with Crippen LogP contribution in [0, 0.1) is 0 Å². The van der Waals surface area contributed by atoms with Gasteiger partial charge in [0, 0.05) is 31.7 Å². The number of rotatable bonds is 5. The van der Waals surface area contributed by atoms with Gasteiger partial charge in [-0.25, -0.2) is 4.98 Å². The molecular formula is C14H17ClN4O. The molecule has 20 heavy (non-hydrogen) atoms. The van der Waals surface area contributed by atoms with Crippen LogP contribution >= 0.6 is 11.6 Å². The molecule has 1 amide bonds. The summed E-state index contributed by atoms with van der Waals surface area (Å²) in [7, 11) is 1.58. The summed E-state index contributed by atoms with van der Waals surface area (Å²) in [5.74, 6) is 0.748. The molecule has 2 N–H and O–H groups in total. The summed E-state index contributed by atoms with van der Waals surface area (Å²) in [5.41, 5.74) is 1.29. The topological polar surface area (TPSA) is 59.0 Å². The Balaban J connectivity index is 2.12. The number of benzene rings is 1. The van der Waals surface area contributed by atoms with Crippen LogP contribution in [-0.4, -0.2) is 22.5 Å². The highest BCUT2D eigenvalue weighted by Crippen LogP contribution is 2.21. The second kappa shape index (κ2) is 6.43. The number of carbonyl (C=O) groups excluding carboxylic acids is 1. The van der Waals surface area contributed by atoms with Crippen LogP contribution in [0.2, 0.25) is 5.02 Å². The van der Waals surface area contributed by atoms with Crippen LogP contribution in [0.5, 0.6) is 0 Å². The third-order valence-electron chi connectivity index (χ3n) is 3.03. The quantitative estimate of drug-likeness (QED) is 0.890. The van der Waals surface area contributed by atoms with Gasteiger partial charge in [0.05, 0.1) is 17.1 Å². The van der Waals surface area contributed by atoms with Gasteiger partial charge in [-0.05, 0) is 25.1 Å². The van der Waals surface area contributed by atoms with Gasteiger partial charge in [0.15, 0.2) is 0 Å². The van der Waals surface area contributed by atoms with Crippen molar-refractivity contribution in [3.8, 4) is 0 Å². The second-order valence-corrected chi connectivity index (χ2v) is 4.66. The highest BCUT2D eigenvalue weighted by atomic mass is 35.5. The molecule has 0 unspecified atom stereocenters. The predicted octanol–water partition coefficient (Wildman–Crippen LogP) is 2.53. The summed E-state index contributed by atoms with van der Waals surface area (Å²) in [4.78, 5) is 16.0. The first-order valence-corrected chi connectivity index (χ1v) is 6.79. The molecule has 0 aliphatic heterocycles. The number of aryl methyl sites for hydroxylation is 1. The van der Waals surface area contributed by atoms with E-state index in [1.165, 1.54) is 0 Å². The normalized spacial score (nSPS) is 10.3. The van der Waals surface area contributed by atoms with E-state index >= 15 is 0 Å².